The van der Waals surface area contributed by atoms with Crippen LogP contribution < -0.4 is 4.74 Å². The van der Waals surface area contributed by atoms with Crippen LogP contribution in [-0.4, -0.2) is 18.0 Å². The fourth-order valence-electron chi connectivity index (χ4n) is 2.72. The Kier molecular flexibility index (Phi) is 3.44. The van der Waals surface area contributed by atoms with Crippen LogP contribution in [-0.2, 0) is 10.4 Å². The molecule has 1 aromatic carbocycles. The minimum Gasteiger partial charge on any atom is -0.496 e. The van der Waals surface area contributed by atoms with E-state index in [1.807, 2.05) is 26.0 Å². The Labute approximate surface area is 108 Å². The summed E-state index contributed by atoms with van der Waals surface area (Å²) >= 11 is 0. The highest BCUT2D eigenvalue weighted by molar-refractivity contribution is 5.79. The zero-order valence-corrected chi connectivity index (χ0v) is 11.2. The van der Waals surface area contributed by atoms with Crippen molar-refractivity contribution >= 4 is 5.78 Å². The third-order valence-electron chi connectivity index (χ3n) is 3.88. The highest BCUT2D eigenvalue weighted by Crippen LogP contribution is 2.39. The van der Waals surface area contributed by atoms with Gasteiger partial charge in [-0.1, -0.05) is 0 Å². The van der Waals surface area contributed by atoms with E-state index >= 15 is 0 Å². The molecule has 1 aliphatic rings. The number of methoxy groups -OCH3 is 1. The molecule has 1 N–H and O–H groups in total. The van der Waals surface area contributed by atoms with E-state index < -0.39 is 5.60 Å². The lowest BCUT2D eigenvalue weighted by atomic mass is 9.77. The summed E-state index contributed by atoms with van der Waals surface area (Å²) in [6, 6.07) is 3.95. The van der Waals surface area contributed by atoms with Gasteiger partial charge in [0, 0.05) is 12.8 Å². The van der Waals surface area contributed by atoms with Crippen LogP contribution in [0.1, 0.15) is 42.4 Å². The van der Waals surface area contributed by atoms with E-state index in [2.05, 4.69) is 0 Å². The predicted molar refractivity (Wildman–Crippen MR) is 69.8 cm³/mol. The van der Waals surface area contributed by atoms with Crippen molar-refractivity contribution in [2.75, 3.05) is 7.11 Å². The first-order chi connectivity index (χ1) is 8.46. The van der Waals surface area contributed by atoms with Gasteiger partial charge in [0.1, 0.15) is 11.5 Å². The lowest BCUT2D eigenvalue weighted by molar-refractivity contribution is -0.125. The standard InChI is InChI=1S/C15H20O3/c1-10-9-14(18-3)11(2)8-13(10)15(17)6-4-12(16)5-7-15/h8-9,17H,4-7H2,1-3H3. The first-order valence-electron chi connectivity index (χ1n) is 6.36. The quantitative estimate of drug-likeness (QED) is 0.875. The normalized spacial score (nSPS) is 18.8. The van der Waals surface area contributed by atoms with Crippen molar-refractivity contribution in [3.8, 4) is 5.75 Å². The van der Waals surface area contributed by atoms with Crippen molar-refractivity contribution in [2.45, 2.75) is 45.1 Å². The molecule has 0 aromatic heterocycles. The number of aryl methyl sites for hydroxylation is 2. The molecule has 0 unspecified atom stereocenters. The van der Waals surface area contributed by atoms with E-state index in [4.69, 9.17) is 4.74 Å². The summed E-state index contributed by atoms with van der Waals surface area (Å²) in [7, 11) is 1.65. The Morgan fingerprint density at radius 3 is 2.33 bits per heavy atom. The van der Waals surface area contributed by atoms with Crippen LogP contribution in [0.4, 0.5) is 0 Å². The van der Waals surface area contributed by atoms with Gasteiger partial charge < -0.3 is 9.84 Å². The number of hydrogen-bond acceptors (Lipinski definition) is 3. The monoisotopic (exact) mass is 248 g/mol. The number of rotatable bonds is 2. The van der Waals surface area contributed by atoms with Crippen LogP contribution in [0.25, 0.3) is 0 Å². The average Bonchev–Trinajstić information content (AvgIpc) is 2.35. The van der Waals surface area contributed by atoms with Crippen LogP contribution in [0.5, 0.6) is 5.75 Å². The van der Waals surface area contributed by atoms with Crippen LogP contribution >= 0.6 is 0 Å². The summed E-state index contributed by atoms with van der Waals surface area (Å²) in [4.78, 5) is 11.3. The van der Waals surface area contributed by atoms with E-state index in [1.165, 1.54) is 0 Å². The van der Waals surface area contributed by atoms with Gasteiger partial charge in [-0.25, -0.2) is 0 Å². The SMILES string of the molecule is COc1cc(C)c(C2(O)CCC(=O)CC2)cc1C. The molecule has 0 aliphatic heterocycles. The fraction of sp³-hybridized carbons (Fsp3) is 0.533. The molecule has 0 bridgehead atoms. The minimum absolute atomic E-state index is 0.252. The lowest BCUT2D eigenvalue weighted by Gasteiger charge is -2.33. The second kappa shape index (κ2) is 4.73. The van der Waals surface area contributed by atoms with Gasteiger partial charge in [0.2, 0.25) is 0 Å². The van der Waals surface area contributed by atoms with E-state index in [-0.39, 0.29) is 5.78 Å². The molecule has 0 radical (unpaired) electrons. The summed E-state index contributed by atoms with van der Waals surface area (Å²) in [6.07, 6.45) is 2.00. The van der Waals surface area contributed by atoms with Crippen LogP contribution in [0.15, 0.2) is 12.1 Å². The van der Waals surface area contributed by atoms with Gasteiger partial charge in [-0.05, 0) is 55.5 Å². The van der Waals surface area contributed by atoms with E-state index in [1.54, 1.807) is 7.11 Å². The molecule has 1 aliphatic carbocycles. The molecule has 1 saturated carbocycles. The van der Waals surface area contributed by atoms with Gasteiger partial charge in [-0.3, -0.25) is 4.79 Å². The van der Waals surface area contributed by atoms with Crippen molar-refractivity contribution in [3.63, 3.8) is 0 Å². The minimum atomic E-state index is -0.852. The second-order valence-corrected chi connectivity index (χ2v) is 5.21. The molecule has 0 saturated heterocycles. The Bertz CT molecular complexity index is 467. The lowest BCUT2D eigenvalue weighted by Crippen LogP contribution is -2.32. The van der Waals surface area contributed by atoms with Gasteiger partial charge in [-0.2, -0.15) is 0 Å². The Morgan fingerprint density at radius 1 is 1.17 bits per heavy atom. The molecule has 1 fully saturated rings. The highest BCUT2D eigenvalue weighted by atomic mass is 16.5. The Hall–Kier alpha value is -1.35. The van der Waals surface area contributed by atoms with Gasteiger partial charge in [-0.15, -0.1) is 0 Å². The number of ketones is 1. The molecule has 0 spiro atoms. The third kappa shape index (κ3) is 2.27. The van der Waals surface area contributed by atoms with E-state index in [0.29, 0.717) is 25.7 Å². The molecule has 3 heteroatoms. The van der Waals surface area contributed by atoms with Crippen LogP contribution in [0.2, 0.25) is 0 Å². The number of aliphatic hydroxyl groups is 1. The van der Waals surface area contributed by atoms with Crippen molar-refractivity contribution in [3.05, 3.63) is 28.8 Å². The summed E-state index contributed by atoms with van der Waals surface area (Å²) in [5, 5.41) is 10.7. The molecule has 18 heavy (non-hydrogen) atoms. The predicted octanol–water partition coefficient (Wildman–Crippen LogP) is 2.64. The molecule has 2 rings (SSSR count). The van der Waals surface area contributed by atoms with E-state index in [0.717, 1.165) is 22.4 Å². The zero-order chi connectivity index (χ0) is 13.3. The smallest absolute Gasteiger partial charge is 0.133 e. The Morgan fingerprint density at radius 2 is 1.78 bits per heavy atom. The molecule has 0 atom stereocenters. The summed E-state index contributed by atoms with van der Waals surface area (Å²) < 4.78 is 5.28. The Balaban J connectivity index is 2.38. The second-order valence-electron chi connectivity index (χ2n) is 5.21. The van der Waals surface area contributed by atoms with Crippen LogP contribution in [0.3, 0.4) is 0 Å². The number of hydrogen-bond donors (Lipinski definition) is 1. The van der Waals surface area contributed by atoms with Crippen molar-refractivity contribution in [1.82, 2.24) is 0 Å². The van der Waals surface area contributed by atoms with Crippen molar-refractivity contribution in [2.24, 2.45) is 0 Å². The maximum Gasteiger partial charge on any atom is 0.133 e. The first-order valence-corrected chi connectivity index (χ1v) is 6.36. The summed E-state index contributed by atoms with van der Waals surface area (Å²) in [5.41, 5.74) is 2.13. The van der Waals surface area contributed by atoms with Gasteiger partial charge in [0.05, 0.1) is 12.7 Å². The largest absolute Gasteiger partial charge is 0.496 e. The number of Topliss-reactive ketones (excluding diaryl/α,β-unsaturated/α-hetero) is 1. The number of benzene rings is 1. The fourth-order valence-corrected chi connectivity index (χ4v) is 2.72. The molecular formula is C15H20O3. The van der Waals surface area contributed by atoms with Gasteiger partial charge in [0.25, 0.3) is 0 Å². The molecular weight excluding hydrogens is 228 g/mol. The molecule has 0 heterocycles. The molecule has 98 valence electrons. The van der Waals surface area contributed by atoms with E-state index in [9.17, 15) is 9.90 Å². The number of ether oxygens (including phenoxy) is 1. The average molecular weight is 248 g/mol. The van der Waals surface area contributed by atoms with Gasteiger partial charge in [0.15, 0.2) is 0 Å². The summed E-state index contributed by atoms with van der Waals surface area (Å²) in [5.74, 6) is 1.09. The molecule has 0 amide bonds. The van der Waals surface area contributed by atoms with Crippen molar-refractivity contribution < 1.29 is 14.6 Å². The maximum atomic E-state index is 11.3. The molecule has 3 nitrogen and oxygen atoms in total. The number of carbonyl (C=O) groups is 1. The van der Waals surface area contributed by atoms with Crippen LogP contribution in [0, 0.1) is 13.8 Å². The van der Waals surface area contributed by atoms with Gasteiger partial charge >= 0.3 is 0 Å². The maximum absolute atomic E-state index is 11.3. The highest BCUT2D eigenvalue weighted by Gasteiger charge is 2.35. The van der Waals surface area contributed by atoms with Crippen molar-refractivity contribution in [1.29, 1.82) is 0 Å². The zero-order valence-electron chi connectivity index (χ0n) is 11.2. The molecule has 1 aromatic rings. The third-order valence-corrected chi connectivity index (χ3v) is 3.88. The summed E-state index contributed by atoms with van der Waals surface area (Å²) in [6.45, 7) is 3.95. The first kappa shape index (κ1) is 13.1. The topological polar surface area (TPSA) is 46.5 Å². The number of carbonyl (C=O) groups excluding carboxylic acids is 1.